The average molecular weight is 877 g/mol. The van der Waals surface area contributed by atoms with E-state index in [0.29, 0.717) is 19.3 Å². The van der Waals surface area contributed by atoms with E-state index >= 15 is 0 Å². The van der Waals surface area contributed by atoms with Crippen molar-refractivity contribution < 1.29 is 38.2 Å². The van der Waals surface area contributed by atoms with Crippen LogP contribution in [0.4, 0.5) is 0 Å². The van der Waals surface area contributed by atoms with Crippen LogP contribution < -0.4 is 0 Å². The van der Waals surface area contributed by atoms with Crippen molar-refractivity contribution in [2.24, 2.45) is 0 Å². The monoisotopic (exact) mass is 877 g/mol. The lowest BCUT2D eigenvalue weighted by Gasteiger charge is -2.31. The van der Waals surface area contributed by atoms with Crippen LogP contribution in [-0.2, 0) is 28.6 Å². The van der Waals surface area contributed by atoms with Crippen molar-refractivity contribution in [2.45, 2.75) is 264 Å². The maximum Gasteiger partial charge on any atom is 0.362 e. The zero-order chi connectivity index (χ0) is 45.6. The number of likely N-dealkylation sites (N-methyl/N-ethyl adjacent to an activating group) is 1. The van der Waals surface area contributed by atoms with Crippen LogP contribution in [0.2, 0.25) is 0 Å². The normalized spacial score (nSPS) is 13.0. The minimum atomic E-state index is -0.873. The lowest BCUT2D eigenvalue weighted by molar-refractivity contribution is -0.887. The minimum absolute atomic E-state index is 0.0518. The molecule has 0 spiro atoms. The molecular formula is C54H102NO7+. The van der Waals surface area contributed by atoms with Crippen LogP contribution in [-0.4, -0.2) is 80.6 Å². The minimum Gasteiger partial charge on any atom is -0.477 e. The van der Waals surface area contributed by atoms with Crippen LogP contribution in [0, 0.1) is 0 Å². The molecule has 0 fully saturated rings. The zero-order valence-electron chi connectivity index (χ0n) is 41.6. The third-order valence-corrected chi connectivity index (χ3v) is 12.1. The Bertz CT molecular complexity index is 1070. The Morgan fingerprint density at radius 2 is 0.806 bits per heavy atom. The number of unbranched alkanes of at least 4 members (excludes halogenated alkanes) is 30. The number of allylic oxidation sites excluding steroid dienone is 4. The highest BCUT2D eigenvalue weighted by Gasteiger charge is 2.31. The maximum absolute atomic E-state index is 12.8. The average Bonchev–Trinajstić information content (AvgIpc) is 3.23. The number of hydrogen-bond acceptors (Lipinski definition) is 6. The van der Waals surface area contributed by atoms with E-state index in [0.717, 1.165) is 44.9 Å². The first-order valence-electron chi connectivity index (χ1n) is 26.4. The van der Waals surface area contributed by atoms with Gasteiger partial charge >= 0.3 is 17.9 Å². The smallest absolute Gasteiger partial charge is 0.362 e. The molecule has 0 rings (SSSR count). The first kappa shape index (κ1) is 59.8. The molecule has 0 amide bonds. The Labute approximate surface area is 383 Å². The Kier molecular flexibility index (Phi) is 43.8. The fraction of sp³-hybridized carbons (Fsp3) is 0.870. The largest absolute Gasteiger partial charge is 0.477 e. The number of aliphatic carboxylic acids is 1. The molecule has 0 bridgehead atoms. The van der Waals surface area contributed by atoms with Gasteiger partial charge in [-0.2, -0.15) is 0 Å². The van der Waals surface area contributed by atoms with E-state index in [4.69, 9.17) is 14.2 Å². The van der Waals surface area contributed by atoms with Gasteiger partial charge in [-0.05, 0) is 64.2 Å². The van der Waals surface area contributed by atoms with Crippen molar-refractivity contribution >= 4 is 17.9 Å². The maximum atomic E-state index is 12.8. The molecule has 2 unspecified atom stereocenters. The van der Waals surface area contributed by atoms with Crippen molar-refractivity contribution in [3.63, 3.8) is 0 Å². The van der Waals surface area contributed by atoms with Crippen LogP contribution in [0.15, 0.2) is 24.3 Å². The summed E-state index contributed by atoms with van der Waals surface area (Å²) >= 11 is 0. The second-order valence-corrected chi connectivity index (χ2v) is 19.1. The van der Waals surface area contributed by atoms with Gasteiger partial charge < -0.3 is 23.8 Å². The summed E-state index contributed by atoms with van der Waals surface area (Å²) in [6.45, 7) is 4.76. The molecule has 0 heterocycles. The highest BCUT2D eigenvalue weighted by molar-refractivity contribution is 5.72. The van der Waals surface area contributed by atoms with Crippen LogP contribution in [0.3, 0.4) is 0 Å². The molecule has 0 radical (unpaired) electrons. The topological polar surface area (TPSA) is 99.1 Å². The Balaban J connectivity index is 4.19. The SMILES string of the molecule is CCCCCCCC/C=C\CCCCCCCC(=O)OCC(COCCC(C(=O)O)[N+](C)(C)C)OC(=O)CCCCCCCCCCCCC/C=C\CCCCCCCCCC. The van der Waals surface area contributed by atoms with Gasteiger partial charge in [-0.3, -0.25) is 9.59 Å². The number of carbonyl (C=O) groups is 3. The number of quaternary nitrogens is 1. The summed E-state index contributed by atoms with van der Waals surface area (Å²) in [5.74, 6) is -1.46. The summed E-state index contributed by atoms with van der Waals surface area (Å²) in [6, 6.07) is -0.614. The molecule has 1 N–H and O–H groups in total. The van der Waals surface area contributed by atoms with Gasteiger partial charge in [-0.1, -0.05) is 192 Å². The molecule has 0 aliphatic heterocycles. The molecule has 0 saturated heterocycles. The van der Waals surface area contributed by atoms with Crippen LogP contribution in [0.25, 0.3) is 0 Å². The third-order valence-electron chi connectivity index (χ3n) is 12.1. The molecular weight excluding hydrogens is 775 g/mol. The van der Waals surface area contributed by atoms with Crippen LogP contribution >= 0.6 is 0 Å². The van der Waals surface area contributed by atoms with Gasteiger partial charge in [-0.15, -0.1) is 0 Å². The van der Waals surface area contributed by atoms with Crippen molar-refractivity contribution in [2.75, 3.05) is 41.0 Å². The van der Waals surface area contributed by atoms with Crippen molar-refractivity contribution in [3.05, 3.63) is 24.3 Å². The first-order chi connectivity index (χ1) is 30.1. The molecule has 0 aromatic carbocycles. The first-order valence-corrected chi connectivity index (χ1v) is 26.4. The lowest BCUT2D eigenvalue weighted by Crippen LogP contribution is -2.50. The van der Waals surface area contributed by atoms with Gasteiger partial charge in [0.15, 0.2) is 12.1 Å². The molecule has 8 heteroatoms. The predicted octanol–water partition coefficient (Wildman–Crippen LogP) is 15.2. The van der Waals surface area contributed by atoms with E-state index < -0.39 is 18.1 Å². The Morgan fingerprint density at radius 3 is 1.16 bits per heavy atom. The summed E-state index contributed by atoms with van der Waals surface area (Å²) in [5, 5.41) is 9.65. The van der Waals surface area contributed by atoms with Crippen molar-refractivity contribution in [1.29, 1.82) is 0 Å². The summed E-state index contributed by atoms with van der Waals surface area (Å²) < 4.78 is 17.4. The predicted molar refractivity (Wildman–Crippen MR) is 262 cm³/mol. The van der Waals surface area contributed by atoms with E-state index in [1.807, 2.05) is 21.1 Å². The van der Waals surface area contributed by atoms with E-state index in [1.165, 1.54) is 173 Å². The quantitative estimate of drug-likeness (QED) is 0.0281. The van der Waals surface area contributed by atoms with Gasteiger partial charge in [0.1, 0.15) is 6.61 Å². The molecule has 8 nitrogen and oxygen atoms in total. The Morgan fingerprint density at radius 1 is 0.468 bits per heavy atom. The van der Waals surface area contributed by atoms with E-state index in [9.17, 15) is 19.5 Å². The van der Waals surface area contributed by atoms with Crippen LogP contribution in [0.5, 0.6) is 0 Å². The summed E-state index contributed by atoms with van der Waals surface area (Å²) in [4.78, 5) is 37.1. The summed E-state index contributed by atoms with van der Waals surface area (Å²) in [5.41, 5.74) is 0. The fourth-order valence-electron chi connectivity index (χ4n) is 7.97. The second kappa shape index (κ2) is 45.4. The molecule has 62 heavy (non-hydrogen) atoms. The molecule has 0 saturated carbocycles. The van der Waals surface area contributed by atoms with Gasteiger partial charge in [0.05, 0.1) is 34.4 Å². The van der Waals surface area contributed by atoms with Gasteiger partial charge in [0.25, 0.3) is 0 Å². The number of esters is 2. The zero-order valence-corrected chi connectivity index (χ0v) is 41.6. The summed E-state index contributed by atoms with van der Waals surface area (Å²) in [7, 11) is 5.54. The third kappa shape index (κ3) is 43.1. The Hall–Kier alpha value is -2.19. The fourth-order valence-corrected chi connectivity index (χ4v) is 7.97. The number of carboxylic acids is 1. The molecule has 0 aliphatic carbocycles. The molecule has 0 aromatic rings. The standard InChI is InChI=1S/C54H101NO7/c1-6-8-10-12-14-16-18-20-22-23-24-25-26-27-28-29-31-33-35-37-39-41-43-45-53(57)62-50(48-60-47-46-51(54(58)59)55(3,4)5)49-61-52(56)44-42-40-38-36-34-32-30-21-19-17-15-13-11-9-7-2/h21,23-24,30,50-51H,6-20,22,25-29,31-49H2,1-5H3/p+1/b24-23-,30-21-. The number of ether oxygens (including phenoxy) is 3. The van der Waals surface area contributed by atoms with Crippen molar-refractivity contribution in [3.8, 4) is 0 Å². The van der Waals surface area contributed by atoms with Gasteiger partial charge in [-0.25, -0.2) is 4.79 Å². The highest BCUT2D eigenvalue weighted by atomic mass is 16.6. The number of nitrogens with zero attached hydrogens (tertiary/aromatic N) is 1. The summed E-state index contributed by atoms with van der Waals surface area (Å²) in [6.07, 6.45) is 52.3. The molecule has 0 aliphatic rings. The lowest BCUT2D eigenvalue weighted by atomic mass is 10.0. The second-order valence-electron chi connectivity index (χ2n) is 19.1. The van der Waals surface area contributed by atoms with Gasteiger partial charge in [0.2, 0.25) is 0 Å². The highest BCUT2D eigenvalue weighted by Crippen LogP contribution is 2.16. The van der Waals surface area contributed by atoms with E-state index in [1.54, 1.807) is 0 Å². The van der Waals surface area contributed by atoms with Gasteiger partial charge in [0, 0.05) is 19.3 Å². The molecule has 0 aromatic heterocycles. The molecule has 364 valence electrons. The molecule has 2 atom stereocenters. The van der Waals surface area contributed by atoms with E-state index in [2.05, 4.69) is 38.2 Å². The van der Waals surface area contributed by atoms with Crippen LogP contribution in [0.1, 0.15) is 251 Å². The number of carbonyl (C=O) groups excluding carboxylic acids is 2. The number of carboxylic acid groups (broad SMARTS) is 1. The van der Waals surface area contributed by atoms with E-state index in [-0.39, 0.29) is 36.2 Å². The number of hydrogen-bond donors (Lipinski definition) is 1. The number of rotatable bonds is 48. The van der Waals surface area contributed by atoms with Crippen molar-refractivity contribution in [1.82, 2.24) is 0 Å².